The van der Waals surface area contributed by atoms with Gasteiger partial charge in [-0.3, -0.25) is 0 Å². The lowest BCUT2D eigenvalue weighted by atomic mass is 10.0. The van der Waals surface area contributed by atoms with E-state index in [4.69, 9.17) is 10.8 Å². The van der Waals surface area contributed by atoms with Crippen molar-refractivity contribution < 1.29 is 18.3 Å². The van der Waals surface area contributed by atoms with Crippen molar-refractivity contribution in [2.24, 2.45) is 5.92 Å². The molecule has 1 heterocycles. The van der Waals surface area contributed by atoms with Gasteiger partial charge >= 0.3 is 6.18 Å². The molecule has 1 unspecified atom stereocenters. The molecule has 0 fully saturated rings. The Labute approximate surface area is 115 Å². The van der Waals surface area contributed by atoms with E-state index in [0.717, 1.165) is 12.8 Å². The number of aliphatic hydroxyl groups is 1. The van der Waals surface area contributed by atoms with Crippen LogP contribution in [0.3, 0.4) is 0 Å². The van der Waals surface area contributed by atoms with Crippen molar-refractivity contribution in [3.05, 3.63) is 11.9 Å². The largest absolute Gasteiger partial charge is 0.451 e. The van der Waals surface area contributed by atoms with Gasteiger partial charge in [0.15, 0.2) is 0 Å². The second-order valence-electron chi connectivity index (χ2n) is 4.55. The van der Waals surface area contributed by atoms with E-state index in [1.807, 2.05) is 6.92 Å². The van der Waals surface area contributed by atoms with Crippen LogP contribution in [0.4, 0.5) is 24.8 Å². The summed E-state index contributed by atoms with van der Waals surface area (Å²) >= 11 is 0. The molecule has 0 spiro atoms. The van der Waals surface area contributed by atoms with Crippen molar-refractivity contribution in [2.75, 3.05) is 24.2 Å². The van der Waals surface area contributed by atoms with Gasteiger partial charge in [0.1, 0.15) is 11.6 Å². The Hall–Kier alpha value is -1.57. The summed E-state index contributed by atoms with van der Waals surface area (Å²) in [5.74, 6) is -1.27. The normalized spacial score (nSPS) is 13.2. The molecule has 5 nitrogen and oxygen atoms in total. The number of nitrogens with two attached hydrogens (primary N) is 1. The van der Waals surface area contributed by atoms with E-state index in [2.05, 4.69) is 15.3 Å². The molecule has 0 saturated carbocycles. The molecule has 4 N–H and O–H groups in total. The highest BCUT2D eigenvalue weighted by Crippen LogP contribution is 2.27. The maximum absolute atomic E-state index is 12.5. The van der Waals surface area contributed by atoms with E-state index in [9.17, 15) is 13.2 Å². The molecule has 0 aromatic carbocycles. The lowest BCUT2D eigenvalue weighted by Gasteiger charge is -2.16. The number of anilines is 2. The van der Waals surface area contributed by atoms with E-state index in [-0.39, 0.29) is 24.2 Å². The summed E-state index contributed by atoms with van der Waals surface area (Å²) in [4.78, 5) is 6.57. The molecular weight excluding hydrogens is 273 g/mol. The van der Waals surface area contributed by atoms with Gasteiger partial charge in [0.05, 0.1) is 0 Å². The van der Waals surface area contributed by atoms with Crippen molar-refractivity contribution in [3.63, 3.8) is 0 Å². The highest BCUT2D eigenvalue weighted by atomic mass is 19.4. The zero-order chi connectivity index (χ0) is 15.2. The minimum Gasteiger partial charge on any atom is -0.396 e. The Morgan fingerprint density at radius 2 is 2.05 bits per heavy atom. The Balaban J connectivity index is 2.74. The molecule has 0 saturated heterocycles. The van der Waals surface area contributed by atoms with Gasteiger partial charge in [0, 0.05) is 19.2 Å². The van der Waals surface area contributed by atoms with Gasteiger partial charge in [0.2, 0.25) is 5.82 Å². The lowest BCUT2D eigenvalue weighted by molar-refractivity contribution is -0.144. The van der Waals surface area contributed by atoms with Crippen LogP contribution in [0.15, 0.2) is 6.07 Å². The molecule has 0 aliphatic heterocycles. The second-order valence-corrected chi connectivity index (χ2v) is 4.55. The molecule has 0 bridgehead atoms. The van der Waals surface area contributed by atoms with Gasteiger partial charge in [-0.15, -0.1) is 0 Å². The predicted octanol–water partition coefficient (Wildman–Crippen LogP) is 2.29. The van der Waals surface area contributed by atoms with Gasteiger partial charge in [-0.25, -0.2) is 9.97 Å². The summed E-state index contributed by atoms with van der Waals surface area (Å²) in [6, 6.07) is 1.26. The van der Waals surface area contributed by atoms with Crippen LogP contribution in [0.5, 0.6) is 0 Å². The van der Waals surface area contributed by atoms with Crippen LogP contribution in [0, 0.1) is 5.92 Å². The first-order chi connectivity index (χ1) is 9.36. The van der Waals surface area contributed by atoms with Crippen molar-refractivity contribution in [2.45, 2.75) is 32.4 Å². The third kappa shape index (κ3) is 5.20. The van der Waals surface area contributed by atoms with E-state index in [1.54, 1.807) is 0 Å². The van der Waals surface area contributed by atoms with Crippen molar-refractivity contribution in [1.82, 2.24) is 9.97 Å². The average molecular weight is 292 g/mol. The van der Waals surface area contributed by atoms with Gasteiger partial charge in [-0.05, 0) is 18.8 Å². The monoisotopic (exact) mass is 292 g/mol. The Kier molecular flexibility index (Phi) is 6.00. The number of aliphatic hydroxyl groups excluding tert-OH is 1. The summed E-state index contributed by atoms with van der Waals surface area (Å²) < 4.78 is 37.6. The van der Waals surface area contributed by atoms with Crippen LogP contribution >= 0.6 is 0 Å². The van der Waals surface area contributed by atoms with Gasteiger partial charge in [0.25, 0.3) is 0 Å². The van der Waals surface area contributed by atoms with E-state index in [0.29, 0.717) is 13.0 Å². The van der Waals surface area contributed by atoms with Crippen LogP contribution in [0.1, 0.15) is 32.0 Å². The number of rotatable bonds is 7. The zero-order valence-electron chi connectivity index (χ0n) is 11.2. The first-order valence-electron chi connectivity index (χ1n) is 6.43. The molecule has 8 heteroatoms. The minimum absolute atomic E-state index is 0.0452. The first-order valence-corrected chi connectivity index (χ1v) is 6.43. The third-order valence-corrected chi connectivity index (χ3v) is 2.81. The maximum atomic E-state index is 12.5. The fourth-order valence-corrected chi connectivity index (χ4v) is 1.87. The van der Waals surface area contributed by atoms with Crippen molar-refractivity contribution in [1.29, 1.82) is 0 Å². The number of nitrogens with one attached hydrogen (secondary N) is 1. The summed E-state index contributed by atoms with van der Waals surface area (Å²) in [5.41, 5.74) is 5.35. The number of hydrogen-bond acceptors (Lipinski definition) is 5. The summed E-state index contributed by atoms with van der Waals surface area (Å²) in [7, 11) is 0. The highest BCUT2D eigenvalue weighted by molar-refractivity contribution is 5.44. The van der Waals surface area contributed by atoms with Gasteiger partial charge < -0.3 is 16.2 Å². The van der Waals surface area contributed by atoms with E-state index < -0.39 is 12.0 Å². The van der Waals surface area contributed by atoms with Gasteiger partial charge in [-0.2, -0.15) is 13.2 Å². The Bertz CT molecular complexity index is 420. The van der Waals surface area contributed by atoms with Crippen LogP contribution in [-0.2, 0) is 6.18 Å². The van der Waals surface area contributed by atoms with Gasteiger partial charge in [-0.1, -0.05) is 13.3 Å². The smallest absolute Gasteiger partial charge is 0.396 e. The number of halogens is 3. The molecular formula is C12H19F3N4O. The number of aromatic nitrogens is 2. The first kappa shape index (κ1) is 16.5. The summed E-state index contributed by atoms with van der Waals surface area (Å²) in [5, 5.41) is 11.8. The summed E-state index contributed by atoms with van der Waals surface area (Å²) in [6.45, 7) is 2.49. The predicted molar refractivity (Wildman–Crippen MR) is 70.0 cm³/mol. The average Bonchev–Trinajstić information content (AvgIpc) is 2.35. The van der Waals surface area contributed by atoms with E-state index in [1.165, 1.54) is 6.07 Å². The van der Waals surface area contributed by atoms with E-state index >= 15 is 0 Å². The van der Waals surface area contributed by atoms with Crippen LogP contribution in [0.25, 0.3) is 0 Å². The SMILES string of the molecule is CCCC(CCO)CNc1cc(N)nc(C(F)(F)F)n1. The number of nitrogens with zero attached hydrogens (tertiary/aromatic N) is 2. The quantitative estimate of drug-likeness (QED) is 0.718. The highest BCUT2D eigenvalue weighted by Gasteiger charge is 2.35. The molecule has 114 valence electrons. The fraction of sp³-hybridized carbons (Fsp3) is 0.667. The molecule has 0 aliphatic rings. The zero-order valence-corrected chi connectivity index (χ0v) is 11.2. The fourth-order valence-electron chi connectivity index (χ4n) is 1.87. The lowest BCUT2D eigenvalue weighted by Crippen LogP contribution is -2.19. The Morgan fingerprint density at radius 3 is 2.60 bits per heavy atom. The molecule has 20 heavy (non-hydrogen) atoms. The number of hydrogen-bond donors (Lipinski definition) is 3. The Morgan fingerprint density at radius 1 is 1.35 bits per heavy atom. The molecule has 1 aromatic rings. The molecule has 1 atom stereocenters. The molecule has 0 amide bonds. The molecule has 0 aliphatic carbocycles. The third-order valence-electron chi connectivity index (χ3n) is 2.81. The molecule has 1 aromatic heterocycles. The maximum Gasteiger partial charge on any atom is 0.451 e. The molecule has 1 rings (SSSR count). The van der Waals surface area contributed by atoms with Crippen LogP contribution < -0.4 is 11.1 Å². The van der Waals surface area contributed by atoms with Crippen molar-refractivity contribution >= 4 is 11.6 Å². The number of nitrogen functional groups attached to an aromatic ring is 1. The van der Waals surface area contributed by atoms with Crippen LogP contribution in [-0.4, -0.2) is 28.2 Å². The molecule has 0 radical (unpaired) electrons. The van der Waals surface area contributed by atoms with Crippen molar-refractivity contribution in [3.8, 4) is 0 Å². The summed E-state index contributed by atoms with van der Waals surface area (Å²) in [6.07, 6.45) is -2.22. The standard InChI is InChI=1S/C12H19F3N4O/c1-2-3-8(4-5-20)7-17-10-6-9(16)18-11(19-10)12(13,14)15/h6,8,20H,2-5,7H2,1H3,(H3,16,17,18,19). The number of alkyl halides is 3. The topological polar surface area (TPSA) is 84.1 Å². The second kappa shape index (κ2) is 7.28. The van der Waals surface area contributed by atoms with Crippen LogP contribution in [0.2, 0.25) is 0 Å². The minimum atomic E-state index is -4.63.